The zero-order chi connectivity index (χ0) is 16.9. The van der Waals surface area contributed by atoms with Gasteiger partial charge in [0.1, 0.15) is 11.7 Å². The van der Waals surface area contributed by atoms with Gasteiger partial charge in [0, 0.05) is 17.3 Å². The first kappa shape index (κ1) is 16.0. The molecule has 1 heterocycles. The van der Waals surface area contributed by atoms with Crippen molar-refractivity contribution in [1.82, 2.24) is 0 Å². The molecule has 4 nitrogen and oxygen atoms in total. The van der Waals surface area contributed by atoms with Crippen molar-refractivity contribution in [3.8, 4) is 0 Å². The number of epoxide rings is 1. The van der Waals surface area contributed by atoms with E-state index in [9.17, 15) is 14.7 Å². The normalized spacial score (nSPS) is 58.5. The molecule has 1 saturated heterocycles. The van der Waals surface area contributed by atoms with Crippen LogP contribution in [0.25, 0.3) is 0 Å². The zero-order valence-electron chi connectivity index (χ0n) is 14.1. The fourth-order valence-electron chi connectivity index (χ4n) is 7.34. The lowest BCUT2D eigenvalue weighted by molar-refractivity contribution is -0.150. The van der Waals surface area contributed by atoms with E-state index < -0.39 is 0 Å². The first-order valence-corrected chi connectivity index (χ1v) is 10.3. The Morgan fingerprint density at radius 2 is 2.00 bits per heavy atom. The van der Waals surface area contributed by atoms with Gasteiger partial charge in [-0.15, -0.1) is 0 Å². The maximum Gasteiger partial charge on any atom is 0.164 e. The van der Waals surface area contributed by atoms with Crippen LogP contribution in [0.5, 0.6) is 0 Å². The van der Waals surface area contributed by atoms with Crippen molar-refractivity contribution in [3.63, 3.8) is 0 Å². The third-order valence-electron chi connectivity index (χ3n) is 8.62. The molecule has 5 fully saturated rings. The lowest BCUT2D eigenvalue weighted by Crippen LogP contribution is -2.61. The molecule has 5 heteroatoms. The van der Waals surface area contributed by atoms with E-state index in [0.717, 1.165) is 38.5 Å². The smallest absolute Gasteiger partial charge is 0.164 e. The zero-order valence-corrected chi connectivity index (χ0v) is 15.7. The van der Waals surface area contributed by atoms with Crippen LogP contribution in [0.1, 0.15) is 51.9 Å². The van der Waals surface area contributed by atoms with Gasteiger partial charge in [-0.05, 0) is 56.3 Å². The van der Waals surface area contributed by atoms with Crippen molar-refractivity contribution in [1.29, 1.82) is 0 Å². The average Bonchev–Trinajstić information content (AvgIpc) is 3.27. The molecule has 132 valence electrons. The van der Waals surface area contributed by atoms with Crippen LogP contribution in [0.2, 0.25) is 0 Å². The van der Waals surface area contributed by atoms with Crippen LogP contribution in [-0.4, -0.2) is 39.8 Å². The van der Waals surface area contributed by atoms with E-state index >= 15 is 0 Å². The summed E-state index contributed by atoms with van der Waals surface area (Å²) in [6.07, 6.45) is 5.76. The van der Waals surface area contributed by atoms with Gasteiger partial charge in [0.25, 0.3) is 0 Å². The summed E-state index contributed by atoms with van der Waals surface area (Å²) in [7, 11) is 0. The third-order valence-corrected chi connectivity index (χ3v) is 9.41. The van der Waals surface area contributed by atoms with Gasteiger partial charge in [-0.3, -0.25) is 9.59 Å². The number of carbonyl (C=O) groups excluding carboxylic acids is 2. The van der Waals surface area contributed by atoms with E-state index in [1.165, 1.54) is 0 Å². The van der Waals surface area contributed by atoms with Gasteiger partial charge in [0.15, 0.2) is 11.6 Å². The number of hydrogen-bond donors (Lipinski definition) is 1. The number of ether oxygens (including phenoxy) is 1. The first-order chi connectivity index (χ1) is 11.4. The standard InChI is InChI=1S/C19H25BrO4/c1-17-5-3-11-10(12(17)8-13(20)15(17)23)2-7-19-16(24-19)14(22)4-6-18(11,19)9-21/h10-13,16,21H,2-9H2,1H3/t10-,11+,12+,13+,16+,17+,18+,19+/m1/s1. The van der Waals surface area contributed by atoms with Gasteiger partial charge in [0.2, 0.25) is 0 Å². The molecule has 8 atom stereocenters. The van der Waals surface area contributed by atoms with E-state index in [1.807, 2.05) is 0 Å². The van der Waals surface area contributed by atoms with Crippen LogP contribution in [0, 0.1) is 28.6 Å². The summed E-state index contributed by atoms with van der Waals surface area (Å²) in [5, 5.41) is 10.4. The molecule has 5 aliphatic rings. The van der Waals surface area contributed by atoms with Gasteiger partial charge < -0.3 is 9.84 Å². The van der Waals surface area contributed by atoms with Crippen LogP contribution in [0.4, 0.5) is 0 Å². The van der Waals surface area contributed by atoms with Gasteiger partial charge in [-0.2, -0.15) is 0 Å². The molecular formula is C19H25BrO4. The molecule has 0 bridgehead atoms. The van der Waals surface area contributed by atoms with Crippen LogP contribution in [0.3, 0.4) is 0 Å². The summed E-state index contributed by atoms with van der Waals surface area (Å²) in [4.78, 5) is 24.9. The number of hydrogen-bond acceptors (Lipinski definition) is 4. The topological polar surface area (TPSA) is 66.9 Å². The molecule has 1 N–H and O–H groups in total. The highest BCUT2D eigenvalue weighted by atomic mass is 79.9. The van der Waals surface area contributed by atoms with Crippen LogP contribution in [-0.2, 0) is 14.3 Å². The molecule has 4 aliphatic carbocycles. The predicted molar refractivity (Wildman–Crippen MR) is 90.7 cm³/mol. The average molecular weight is 397 g/mol. The summed E-state index contributed by atoms with van der Waals surface area (Å²) < 4.78 is 6.02. The molecule has 0 amide bonds. The van der Waals surface area contributed by atoms with Crippen LogP contribution in [0.15, 0.2) is 0 Å². The van der Waals surface area contributed by atoms with Crippen molar-refractivity contribution in [2.45, 2.75) is 68.4 Å². The Labute approximate surface area is 150 Å². The number of rotatable bonds is 1. The third kappa shape index (κ3) is 1.59. The van der Waals surface area contributed by atoms with Crippen molar-refractivity contribution in [2.24, 2.45) is 28.6 Å². The van der Waals surface area contributed by atoms with E-state index in [2.05, 4.69) is 22.9 Å². The molecule has 5 rings (SSSR count). The fourth-order valence-corrected chi connectivity index (χ4v) is 8.27. The Kier molecular flexibility index (Phi) is 3.13. The summed E-state index contributed by atoms with van der Waals surface area (Å²) in [5.74, 6) is 1.88. The van der Waals surface area contributed by atoms with Crippen molar-refractivity contribution < 1.29 is 19.4 Å². The highest BCUT2D eigenvalue weighted by Crippen LogP contribution is 2.71. The second-order valence-electron chi connectivity index (χ2n) is 9.11. The summed E-state index contributed by atoms with van der Waals surface area (Å²) in [6.45, 7) is 2.28. The van der Waals surface area contributed by atoms with Crippen molar-refractivity contribution >= 4 is 27.5 Å². The number of carbonyl (C=O) groups is 2. The molecule has 0 radical (unpaired) electrons. The summed E-state index contributed by atoms with van der Waals surface area (Å²) in [5.41, 5.74) is -0.851. The van der Waals surface area contributed by atoms with Gasteiger partial charge in [-0.25, -0.2) is 0 Å². The number of ketones is 2. The Morgan fingerprint density at radius 1 is 1.21 bits per heavy atom. The molecule has 1 spiro atoms. The van der Waals surface area contributed by atoms with E-state index in [4.69, 9.17) is 4.74 Å². The van der Waals surface area contributed by atoms with Gasteiger partial charge >= 0.3 is 0 Å². The van der Waals surface area contributed by atoms with Crippen molar-refractivity contribution in [2.75, 3.05) is 6.61 Å². The minimum atomic E-state index is -0.386. The van der Waals surface area contributed by atoms with Crippen LogP contribution < -0.4 is 0 Å². The maximum atomic E-state index is 12.7. The second-order valence-corrected chi connectivity index (χ2v) is 10.2. The molecule has 24 heavy (non-hydrogen) atoms. The molecule has 0 aromatic carbocycles. The lowest BCUT2D eigenvalue weighted by Gasteiger charge is -2.58. The van der Waals surface area contributed by atoms with Crippen molar-refractivity contribution in [3.05, 3.63) is 0 Å². The highest BCUT2D eigenvalue weighted by Gasteiger charge is 2.78. The molecule has 4 saturated carbocycles. The highest BCUT2D eigenvalue weighted by molar-refractivity contribution is 9.10. The van der Waals surface area contributed by atoms with Gasteiger partial charge in [-0.1, -0.05) is 22.9 Å². The summed E-state index contributed by atoms with van der Waals surface area (Å²) >= 11 is 3.60. The lowest BCUT2D eigenvalue weighted by atomic mass is 9.44. The number of fused-ring (bicyclic) bond motifs is 4. The second kappa shape index (κ2) is 4.72. The largest absolute Gasteiger partial charge is 0.396 e. The Hall–Kier alpha value is -0.260. The fraction of sp³-hybridized carbons (Fsp3) is 0.895. The molecule has 0 aromatic heterocycles. The monoisotopic (exact) mass is 396 g/mol. The maximum absolute atomic E-state index is 12.7. The summed E-state index contributed by atoms with van der Waals surface area (Å²) in [6, 6.07) is 0. The number of aliphatic hydroxyl groups excluding tert-OH is 1. The number of Topliss-reactive ketones (excluding diaryl/α,β-unsaturated/α-hetero) is 2. The number of aliphatic hydroxyl groups is 1. The molecule has 1 aliphatic heterocycles. The number of halogens is 1. The molecule has 0 aromatic rings. The minimum absolute atomic E-state index is 0.00919. The van der Waals surface area contributed by atoms with Crippen LogP contribution >= 0.6 is 15.9 Å². The van der Waals surface area contributed by atoms with Gasteiger partial charge in [0.05, 0.1) is 11.4 Å². The SMILES string of the molecule is C[C@]12CC[C@H]3[C@@H](CC[C@]45O[C@H]4C(=O)CC[C@]35CO)[C@@H]1C[C@H](Br)C2=O. The number of alkyl halides is 1. The first-order valence-electron chi connectivity index (χ1n) is 9.39. The minimum Gasteiger partial charge on any atom is -0.396 e. The predicted octanol–water partition coefficient (Wildman–Crippen LogP) is 2.64. The Morgan fingerprint density at radius 3 is 2.75 bits per heavy atom. The quantitative estimate of drug-likeness (QED) is 0.546. The molecular weight excluding hydrogens is 372 g/mol. The van der Waals surface area contributed by atoms with E-state index in [0.29, 0.717) is 30.0 Å². The van der Waals surface area contributed by atoms with E-state index in [-0.39, 0.29) is 39.8 Å². The van der Waals surface area contributed by atoms with E-state index in [1.54, 1.807) is 0 Å². The Bertz CT molecular complexity index is 635. The Balaban J connectivity index is 1.54. The molecule has 0 unspecified atom stereocenters.